The average Bonchev–Trinajstić information content (AvgIpc) is 2.51. The molecule has 1 atom stereocenters. The molecule has 1 N–H and O–H groups in total. The summed E-state index contributed by atoms with van der Waals surface area (Å²) in [6, 6.07) is 13.0. The van der Waals surface area contributed by atoms with Gasteiger partial charge in [0, 0.05) is 10.6 Å². The third kappa shape index (κ3) is 4.23. The molecule has 0 saturated heterocycles. The fraction of sp³-hybridized carbons (Fsp3) is 0.125. The molecule has 0 heterocycles. The highest BCUT2D eigenvalue weighted by atomic mass is 35.5. The van der Waals surface area contributed by atoms with E-state index in [9.17, 15) is 9.18 Å². The number of nitriles is 1. The summed E-state index contributed by atoms with van der Waals surface area (Å²) in [7, 11) is 0. The maximum Gasteiger partial charge on any atom is 0.237 e. The quantitative estimate of drug-likeness (QED) is 0.839. The minimum absolute atomic E-state index is 0.0272. The molecule has 0 aliphatic rings. The Balaban J connectivity index is 2.02. The van der Waals surface area contributed by atoms with E-state index in [0.29, 0.717) is 16.1 Å². The van der Waals surface area contributed by atoms with Gasteiger partial charge >= 0.3 is 0 Å². The largest absolute Gasteiger partial charge is 0.325 e. The van der Waals surface area contributed by atoms with Crippen LogP contribution in [-0.4, -0.2) is 11.2 Å². The van der Waals surface area contributed by atoms with Crippen molar-refractivity contribution in [1.29, 1.82) is 5.26 Å². The standard InChI is InChI=1S/C16H12ClFN2OS/c1-10(22-13-5-6-15(18)14(17)8-13)16(21)20-12-4-2-3-11(7-12)9-19/h2-8,10H,1H3,(H,20,21)/t10-/m1/s1. The first-order valence-electron chi connectivity index (χ1n) is 6.42. The monoisotopic (exact) mass is 334 g/mol. The second-order valence-corrected chi connectivity index (χ2v) is 6.34. The van der Waals surface area contributed by atoms with Crippen molar-refractivity contribution in [3.63, 3.8) is 0 Å². The molecule has 6 heteroatoms. The van der Waals surface area contributed by atoms with Crippen LogP contribution in [0.4, 0.5) is 10.1 Å². The molecule has 0 radical (unpaired) electrons. The molecule has 0 spiro atoms. The van der Waals surface area contributed by atoms with Crippen LogP contribution in [0, 0.1) is 17.1 Å². The first-order valence-corrected chi connectivity index (χ1v) is 7.68. The van der Waals surface area contributed by atoms with Gasteiger partial charge in [-0.25, -0.2) is 4.39 Å². The summed E-state index contributed by atoms with van der Waals surface area (Å²) in [5.41, 5.74) is 1.04. The van der Waals surface area contributed by atoms with E-state index in [1.807, 2.05) is 6.07 Å². The van der Waals surface area contributed by atoms with Crippen LogP contribution in [0.1, 0.15) is 12.5 Å². The van der Waals surface area contributed by atoms with Gasteiger partial charge in [0.2, 0.25) is 5.91 Å². The molecule has 0 aliphatic carbocycles. The van der Waals surface area contributed by atoms with E-state index in [-0.39, 0.29) is 10.9 Å². The van der Waals surface area contributed by atoms with E-state index in [0.717, 1.165) is 0 Å². The lowest BCUT2D eigenvalue weighted by atomic mass is 10.2. The Morgan fingerprint density at radius 2 is 2.14 bits per heavy atom. The lowest BCUT2D eigenvalue weighted by Crippen LogP contribution is -2.22. The molecule has 1 amide bonds. The van der Waals surface area contributed by atoms with E-state index in [1.54, 1.807) is 37.3 Å². The fourth-order valence-electron chi connectivity index (χ4n) is 1.72. The van der Waals surface area contributed by atoms with Gasteiger partial charge in [-0.15, -0.1) is 11.8 Å². The highest BCUT2D eigenvalue weighted by molar-refractivity contribution is 8.00. The molecular formula is C16H12ClFN2OS. The molecule has 0 saturated carbocycles. The van der Waals surface area contributed by atoms with E-state index in [1.165, 1.54) is 23.9 Å². The molecule has 0 fully saturated rings. The van der Waals surface area contributed by atoms with Gasteiger partial charge in [0.1, 0.15) is 5.82 Å². The van der Waals surface area contributed by atoms with Crippen molar-refractivity contribution in [3.8, 4) is 6.07 Å². The molecule has 0 aliphatic heterocycles. The van der Waals surface area contributed by atoms with Gasteiger partial charge in [0.15, 0.2) is 0 Å². The van der Waals surface area contributed by atoms with Crippen LogP contribution in [0.2, 0.25) is 5.02 Å². The molecule has 0 unspecified atom stereocenters. The molecular weight excluding hydrogens is 323 g/mol. The predicted molar refractivity (Wildman–Crippen MR) is 86.5 cm³/mol. The Bertz CT molecular complexity index is 745. The highest BCUT2D eigenvalue weighted by Crippen LogP contribution is 2.28. The Kier molecular flexibility index (Phi) is 5.42. The highest BCUT2D eigenvalue weighted by Gasteiger charge is 2.15. The Labute approximate surface area is 137 Å². The minimum Gasteiger partial charge on any atom is -0.325 e. The van der Waals surface area contributed by atoms with E-state index >= 15 is 0 Å². The van der Waals surface area contributed by atoms with Crippen LogP contribution < -0.4 is 5.32 Å². The van der Waals surface area contributed by atoms with Crippen molar-refractivity contribution in [3.05, 3.63) is 58.9 Å². The fourth-order valence-corrected chi connectivity index (χ4v) is 2.87. The third-order valence-corrected chi connectivity index (χ3v) is 4.22. The first kappa shape index (κ1) is 16.3. The van der Waals surface area contributed by atoms with E-state index < -0.39 is 11.1 Å². The van der Waals surface area contributed by atoms with Crippen molar-refractivity contribution in [1.82, 2.24) is 0 Å². The number of nitrogens with zero attached hydrogens (tertiary/aromatic N) is 1. The smallest absolute Gasteiger partial charge is 0.237 e. The van der Waals surface area contributed by atoms with Gasteiger partial charge in [-0.1, -0.05) is 17.7 Å². The van der Waals surface area contributed by atoms with Crippen molar-refractivity contribution < 1.29 is 9.18 Å². The van der Waals surface area contributed by atoms with Gasteiger partial charge < -0.3 is 5.32 Å². The number of rotatable bonds is 4. The molecule has 22 heavy (non-hydrogen) atoms. The SMILES string of the molecule is C[C@@H](Sc1ccc(F)c(Cl)c1)C(=O)Nc1cccc(C#N)c1. The molecule has 0 aromatic heterocycles. The summed E-state index contributed by atoms with van der Waals surface area (Å²) in [6.07, 6.45) is 0. The number of thioether (sulfide) groups is 1. The van der Waals surface area contributed by atoms with Crippen molar-refractivity contribution in [2.24, 2.45) is 0 Å². The second kappa shape index (κ2) is 7.30. The summed E-state index contributed by atoms with van der Waals surface area (Å²) in [5, 5.41) is 11.2. The number of anilines is 1. The topological polar surface area (TPSA) is 52.9 Å². The lowest BCUT2D eigenvalue weighted by Gasteiger charge is -2.12. The van der Waals surface area contributed by atoms with Crippen molar-refractivity contribution in [2.75, 3.05) is 5.32 Å². The summed E-state index contributed by atoms with van der Waals surface area (Å²) < 4.78 is 13.1. The predicted octanol–water partition coefficient (Wildman–Crippen LogP) is 4.47. The average molecular weight is 335 g/mol. The van der Waals surface area contributed by atoms with Crippen LogP contribution >= 0.6 is 23.4 Å². The van der Waals surface area contributed by atoms with Gasteiger partial charge in [0.05, 0.1) is 21.9 Å². The maximum absolute atomic E-state index is 13.1. The zero-order valence-electron chi connectivity index (χ0n) is 11.6. The number of hydrogen-bond donors (Lipinski definition) is 1. The lowest BCUT2D eigenvalue weighted by molar-refractivity contribution is -0.115. The number of benzene rings is 2. The zero-order valence-corrected chi connectivity index (χ0v) is 13.2. The Morgan fingerprint density at radius 3 is 2.82 bits per heavy atom. The van der Waals surface area contributed by atoms with Crippen LogP contribution in [-0.2, 0) is 4.79 Å². The summed E-state index contributed by atoms with van der Waals surface area (Å²) >= 11 is 7.00. The van der Waals surface area contributed by atoms with Crippen LogP contribution in [0.25, 0.3) is 0 Å². The third-order valence-electron chi connectivity index (χ3n) is 2.83. The molecule has 2 aromatic carbocycles. The van der Waals surface area contributed by atoms with Crippen LogP contribution in [0.5, 0.6) is 0 Å². The number of nitrogens with one attached hydrogen (secondary N) is 1. The van der Waals surface area contributed by atoms with Crippen molar-refractivity contribution in [2.45, 2.75) is 17.1 Å². The number of carbonyl (C=O) groups excluding carboxylic acids is 1. The van der Waals surface area contributed by atoms with Crippen molar-refractivity contribution >= 4 is 35.0 Å². The molecule has 3 nitrogen and oxygen atoms in total. The minimum atomic E-state index is -0.489. The van der Waals surface area contributed by atoms with E-state index in [4.69, 9.17) is 16.9 Å². The maximum atomic E-state index is 13.1. The Morgan fingerprint density at radius 1 is 1.36 bits per heavy atom. The second-order valence-electron chi connectivity index (χ2n) is 4.52. The van der Waals surface area contributed by atoms with Gasteiger partial charge in [0.25, 0.3) is 0 Å². The summed E-state index contributed by atoms with van der Waals surface area (Å²) in [4.78, 5) is 12.9. The Hall–Kier alpha value is -2.03. The number of hydrogen-bond acceptors (Lipinski definition) is 3. The van der Waals surface area contributed by atoms with Crippen LogP contribution in [0.3, 0.4) is 0 Å². The van der Waals surface area contributed by atoms with Gasteiger partial charge in [-0.3, -0.25) is 4.79 Å². The number of carbonyl (C=O) groups is 1. The zero-order chi connectivity index (χ0) is 16.1. The summed E-state index contributed by atoms with van der Waals surface area (Å²) in [5.74, 6) is -0.697. The van der Waals surface area contributed by atoms with Gasteiger partial charge in [-0.2, -0.15) is 5.26 Å². The van der Waals surface area contributed by atoms with E-state index in [2.05, 4.69) is 5.32 Å². The number of halogens is 2. The first-order chi connectivity index (χ1) is 10.5. The molecule has 112 valence electrons. The van der Waals surface area contributed by atoms with Crippen LogP contribution in [0.15, 0.2) is 47.4 Å². The molecule has 2 rings (SSSR count). The normalized spacial score (nSPS) is 11.5. The number of amides is 1. The summed E-state index contributed by atoms with van der Waals surface area (Å²) in [6.45, 7) is 1.74. The van der Waals surface area contributed by atoms with Gasteiger partial charge in [-0.05, 0) is 43.3 Å². The molecule has 0 bridgehead atoms. The molecule has 2 aromatic rings.